The average Bonchev–Trinajstić information content (AvgIpc) is 3.40. The Morgan fingerprint density at radius 2 is 2.08 bits per heavy atom. The molecule has 0 unspecified atom stereocenters. The van der Waals surface area contributed by atoms with Crippen LogP contribution in [0.15, 0.2) is 76.0 Å². The minimum absolute atomic E-state index is 0.0113. The lowest BCUT2D eigenvalue weighted by molar-refractivity contribution is -0.129. The number of nitrogens with two attached hydrogens (primary N) is 1. The number of allylic oxidation sites excluding steroid dienone is 4. The first-order valence-electron chi connectivity index (χ1n) is 11.7. The van der Waals surface area contributed by atoms with Gasteiger partial charge in [-0.05, 0) is 38.0 Å². The molecule has 9 nitrogen and oxygen atoms in total. The predicted molar refractivity (Wildman–Crippen MR) is 141 cm³/mol. The van der Waals surface area contributed by atoms with E-state index in [0.717, 1.165) is 0 Å². The Kier molecular flexibility index (Phi) is 7.54. The maximum absolute atomic E-state index is 15.2. The molecule has 3 heterocycles. The van der Waals surface area contributed by atoms with Gasteiger partial charge in [0.25, 0.3) is 0 Å². The van der Waals surface area contributed by atoms with Gasteiger partial charge >= 0.3 is 0 Å². The van der Waals surface area contributed by atoms with Crippen LogP contribution >= 0.6 is 11.8 Å². The van der Waals surface area contributed by atoms with Crippen molar-refractivity contribution in [2.45, 2.75) is 37.2 Å². The highest BCUT2D eigenvalue weighted by Crippen LogP contribution is 2.65. The summed E-state index contributed by atoms with van der Waals surface area (Å²) < 4.78 is 39.6. The fourth-order valence-corrected chi connectivity index (χ4v) is 5.81. The number of thioether (sulfide) groups is 1. The maximum atomic E-state index is 15.2. The first kappa shape index (κ1) is 27.2. The van der Waals surface area contributed by atoms with Crippen molar-refractivity contribution in [1.82, 2.24) is 19.9 Å². The third-order valence-electron chi connectivity index (χ3n) is 6.43. The zero-order valence-corrected chi connectivity index (χ0v) is 22.3. The van der Waals surface area contributed by atoms with Crippen LogP contribution in [0.25, 0.3) is 5.83 Å². The van der Waals surface area contributed by atoms with Gasteiger partial charge in [0, 0.05) is 25.6 Å². The quantitative estimate of drug-likeness (QED) is 0.464. The number of aromatic nitrogens is 3. The molecule has 2 aromatic rings. The van der Waals surface area contributed by atoms with E-state index in [4.69, 9.17) is 14.9 Å². The van der Waals surface area contributed by atoms with Crippen molar-refractivity contribution < 1.29 is 22.7 Å². The number of halogens is 2. The minimum atomic E-state index is -1.07. The molecule has 1 fully saturated rings. The monoisotopic (exact) mass is 542 g/mol. The van der Waals surface area contributed by atoms with Crippen molar-refractivity contribution in [1.29, 1.82) is 0 Å². The van der Waals surface area contributed by atoms with Crippen LogP contribution in [0.1, 0.15) is 31.9 Å². The summed E-state index contributed by atoms with van der Waals surface area (Å²) in [6, 6.07) is 0. The van der Waals surface area contributed by atoms with Crippen LogP contribution in [0, 0.1) is 5.92 Å². The molecule has 2 aliphatic rings. The number of hydrogen-bond donors (Lipinski definition) is 1. The van der Waals surface area contributed by atoms with Crippen LogP contribution in [-0.2, 0) is 11.4 Å². The van der Waals surface area contributed by atoms with Gasteiger partial charge in [0.15, 0.2) is 17.6 Å². The Bertz CT molecular complexity index is 1350. The predicted octanol–water partition coefficient (Wildman–Crippen LogP) is 4.38. The van der Waals surface area contributed by atoms with E-state index >= 15 is 4.39 Å². The van der Waals surface area contributed by atoms with E-state index in [9.17, 15) is 9.18 Å². The number of amides is 1. The molecule has 12 heteroatoms. The number of ether oxygens (including phenoxy) is 1. The Labute approximate surface area is 223 Å². The molecule has 0 bridgehead atoms. The van der Waals surface area contributed by atoms with Crippen LogP contribution in [-0.4, -0.2) is 55.3 Å². The van der Waals surface area contributed by atoms with Gasteiger partial charge in [-0.15, -0.1) is 0 Å². The number of oxazole rings is 1. The van der Waals surface area contributed by atoms with Gasteiger partial charge in [0.1, 0.15) is 22.5 Å². The van der Waals surface area contributed by atoms with Gasteiger partial charge in [-0.25, -0.2) is 23.7 Å². The highest BCUT2D eigenvalue weighted by atomic mass is 32.2. The third kappa shape index (κ3) is 5.40. The zero-order chi connectivity index (χ0) is 27.7. The van der Waals surface area contributed by atoms with E-state index < -0.39 is 21.9 Å². The maximum Gasteiger partial charge on any atom is 0.239 e. The molecular formula is C26H28F2N6O3S. The number of rotatable bonds is 9. The van der Waals surface area contributed by atoms with E-state index in [0.29, 0.717) is 17.9 Å². The molecule has 38 heavy (non-hydrogen) atoms. The molecule has 2 N–H and O–H groups in total. The molecule has 0 saturated heterocycles. The van der Waals surface area contributed by atoms with Crippen molar-refractivity contribution in [3.63, 3.8) is 0 Å². The summed E-state index contributed by atoms with van der Waals surface area (Å²) in [6.07, 6.45) is 9.77. The molecule has 1 aliphatic carbocycles. The summed E-state index contributed by atoms with van der Waals surface area (Å²) in [4.78, 5) is 30.7. The van der Waals surface area contributed by atoms with Crippen LogP contribution in [0.4, 0.5) is 8.78 Å². The summed E-state index contributed by atoms with van der Waals surface area (Å²) in [5.41, 5.74) is 5.49. The Morgan fingerprint density at radius 1 is 1.32 bits per heavy atom. The molecule has 0 radical (unpaired) electrons. The molecule has 0 spiro atoms. The molecule has 3 atom stereocenters. The van der Waals surface area contributed by atoms with E-state index in [1.54, 1.807) is 27.9 Å². The van der Waals surface area contributed by atoms with Crippen LogP contribution in [0.2, 0.25) is 0 Å². The van der Waals surface area contributed by atoms with Crippen molar-refractivity contribution >= 4 is 28.7 Å². The van der Waals surface area contributed by atoms with Crippen LogP contribution < -0.4 is 10.5 Å². The minimum Gasteiger partial charge on any atom is -0.467 e. The standard InChI is InChI=1S/C26H28F2N6O3S/c1-15(10-18(28)19-12-32-21(13-31-19)37-14-22-30-8-9-36-22)6-7-17(27)16(2)25(3)20-11-26(20,23(35)34(4)5)38-24(29)33-25/h6-10,12-13,20H,2,11,14H2,1,3-5H3,(H2,29,33)/b15-6+,17-7+,18-10-/t20-,25+,26-/m0/s1. The van der Waals surface area contributed by atoms with Crippen molar-refractivity contribution in [3.8, 4) is 5.88 Å². The summed E-state index contributed by atoms with van der Waals surface area (Å²) in [5, 5.41) is 0.220. The third-order valence-corrected chi connectivity index (χ3v) is 7.72. The normalized spacial score (nSPS) is 25.4. The lowest BCUT2D eigenvalue weighted by Gasteiger charge is -2.34. The largest absolute Gasteiger partial charge is 0.467 e. The fourth-order valence-electron chi connectivity index (χ4n) is 4.31. The second kappa shape index (κ2) is 10.5. The number of carbonyl (C=O) groups excluding carboxylic acids is 1. The second-order valence-electron chi connectivity index (χ2n) is 9.40. The smallest absolute Gasteiger partial charge is 0.239 e. The van der Waals surface area contributed by atoms with Crippen molar-refractivity contribution in [2.75, 3.05) is 14.1 Å². The summed E-state index contributed by atoms with van der Waals surface area (Å²) >= 11 is 1.22. The first-order chi connectivity index (χ1) is 18.0. The lowest BCUT2D eigenvalue weighted by atomic mass is 9.85. The SMILES string of the molecule is C=C(\C(F)=C/C=C(C)/C=C(\F)c1cnc(OCc2ncco2)cn1)[C@@]1(C)N=C(N)S[C@@]2(C(=O)N(C)C)C[C@@H]12. The van der Waals surface area contributed by atoms with Crippen LogP contribution in [0.5, 0.6) is 5.88 Å². The summed E-state index contributed by atoms with van der Waals surface area (Å²) in [6.45, 7) is 7.34. The fraction of sp³-hybridized carbons (Fsp3) is 0.346. The number of carbonyl (C=O) groups is 1. The van der Waals surface area contributed by atoms with Gasteiger partial charge in [0.05, 0.1) is 24.1 Å². The van der Waals surface area contributed by atoms with E-state index in [-0.39, 0.29) is 40.7 Å². The number of fused-ring (bicyclic) bond motifs is 1. The van der Waals surface area contributed by atoms with E-state index in [1.807, 2.05) is 0 Å². The van der Waals surface area contributed by atoms with Gasteiger partial charge in [-0.1, -0.05) is 24.4 Å². The molecule has 0 aromatic carbocycles. The molecule has 1 saturated carbocycles. The topological polar surface area (TPSA) is 120 Å². The highest BCUT2D eigenvalue weighted by molar-refractivity contribution is 8.15. The molecule has 1 amide bonds. The molecule has 4 rings (SSSR count). The molecule has 2 aromatic heterocycles. The van der Waals surface area contributed by atoms with E-state index in [1.165, 1.54) is 59.7 Å². The number of aliphatic imine (C=N–C) groups is 1. The Balaban J connectivity index is 1.43. The molecule has 1 aliphatic heterocycles. The average molecular weight is 543 g/mol. The van der Waals surface area contributed by atoms with E-state index in [2.05, 4.69) is 26.5 Å². The summed E-state index contributed by atoms with van der Waals surface area (Å²) in [5.74, 6) is -1.05. The van der Waals surface area contributed by atoms with Crippen molar-refractivity contribution in [3.05, 3.63) is 78.2 Å². The highest BCUT2D eigenvalue weighted by Gasteiger charge is 2.71. The number of nitrogens with zero attached hydrogens (tertiary/aromatic N) is 5. The summed E-state index contributed by atoms with van der Waals surface area (Å²) in [7, 11) is 3.35. The van der Waals surface area contributed by atoms with Gasteiger partial charge in [-0.2, -0.15) is 0 Å². The second-order valence-corrected chi connectivity index (χ2v) is 10.7. The number of amidine groups is 1. The molecular weight excluding hydrogens is 514 g/mol. The Morgan fingerprint density at radius 3 is 2.71 bits per heavy atom. The lowest BCUT2D eigenvalue weighted by Crippen LogP contribution is -2.45. The molecule has 200 valence electrons. The zero-order valence-electron chi connectivity index (χ0n) is 21.4. The van der Waals surface area contributed by atoms with Gasteiger partial charge in [-0.3, -0.25) is 9.79 Å². The van der Waals surface area contributed by atoms with Gasteiger partial charge < -0.3 is 19.8 Å². The van der Waals surface area contributed by atoms with Crippen LogP contribution in [0.3, 0.4) is 0 Å². The van der Waals surface area contributed by atoms with Crippen molar-refractivity contribution in [2.24, 2.45) is 16.6 Å². The Hall–Kier alpha value is -3.80. The number of hydrogen-bond acceptors (Lipinski definition) is 9. The first-order valence-corrected chi connectivity index (χ1v) is 12.5. The van der Waals surface area contributed by atoms with Gasteiger partial charge in [0.2, 0.25) is 17.7 Å².